The van der Waals surface area contributed by atoms with Crippen molar-refractivity contribution in [1.29, 1.82) is 0 Å². The fraction of sp³-hybridized carbons (Fsp3) is 0.333. The predicted octanol–water partition coefficient (Wildman–Crippen LogP) is 6.16. The number of nitrogens with zero attached hydrogens (tertiary/aromatic N) is 2. The van der Waals surface area contributed by atoms with Crippen molar-refractivity contribution in [2.45, 2.75) is 30.3 Å². The third-order valence-corrected chi connectivity index (χ3v) is 7.29. The Labute approximate surface area is 188 Å². The Hall–Kier alpha value is -1.47. The SMILES string of the molecule is O=C(CCSc1ccc(Cl)cc1)N1CCC(Oc2nc3c(Cl)cccc3s2)CC1. The lowest BCUT2D eigenvalue weighted by Crippen LogP contribution is -2.41. The smallest absolute Gasteiger partial charge is 0.274 e. The molecule has 0 atom stereocenters. The van der Waals surface area contributed by atoms with Gasteiger partial charge >= 0.3 is 0 Å². The second kappa shape index (κ2) is 9.56. The van der Waals surface area contributed by atoms with Gasteiger partial charge in [-0.2, -0.15) is 0 Å². The van der Waals surface area contributed by atoms with E-state index in [1.54, 1.807) is 11.8 Å². The minimum atomic E-state index is 0.0850. The Morgan fingerprint density at radius 2 is 1.93 bits per heavy atom. The van der Waals surface area contributed by atoms with E-state index < -0.39 is 0 Å². The Morgan fingerprint density at radius 1 is 1.17 bits per heavy atom. The molecule has 8 heteroatoms. The summed E-state index contributed by atoms with van der Waals surface area (Å²) in [7, 11) is 0. The summed E-state index contributed by atoms with van der Waals surface area (Å²) < 4.78 is 7.09. The zero-order valence-electron chi connectivity index (χ0n) is 15.6. The highest BCUT2D eigenvalue weighted by atomic mass is 35.5. The van der Waals surface area contributed by atoms with Crippen LogP contribution in [0.25, 0.3) is 10.2 Å². The van der Waals surface area contributed by atoms with Gasteiger partial charge in [0.1, 0.15) is 11.6 Å². The number of hydrogen-bond acceptors (Lipinski definition) is 5. The predicted molar refractivity (Wildman–Crippen MR) is 122 cm³/mol. The van der Waals surface area contributed by atoms with Crippen LogP contribution in [0, 0.1) is 0 Å². The molecule has 29 heavy (non-hydrogen) atoms. The van der Waals surface area contributed by atoms with E-state index in [1.165, 1.54) is 11.3 Å². The molecule has 1 fully saturated rings. The first-order valence-electron chi connectivity index (χ1n) is 9.46. The summed E-state index contributed by atoms with van der Waals surface area (Å²) in [5.41, 5.74) is 0.792. The van der Waals surface area contributed by atoms with Crippen molar-refractivity contribution < 1.29 is 9.53 Å². The minimum Gasteiger partial charge on any atom is -0.467 e. The molecular formula is C21H20Cl2N2O2S2. The average Bonchev–Trinajstić information content (AvgIpc) is 3.14. The number of carbonyl (C=O) groups excluding carboxylic acids is 1. The van der Waals surface area contributed by atoms with Crippen molar-refractivity contribution in [3.8, 4) is 5.19 Å². The molecule has 1 aromatic heterocycles. The molecule has 0 saturated carbocycles. The van der Waals surface area contributed by atoms with Crippen LogP contribution >= 0.6 is 46.3 Å². The van der Waals surface area contributed by atoms with Crippen molar-refractivity contribution in [3.63, 3.8) is 0 Å². The number of fused-ring (bicyclic) bond motifs is 1. The molecule has 0 aliphatic carbocycles. The number of rotatable bonds is 6. The van der Waals surface area contributed by atoms with E-state index in [9.17, 15) is 4.79 Å². The highest BCUT2D eigenvalue weighted by molar-refractivity contribution is 7.99. The van der Waals surface area contributed by atoms with E-state index in [-0.39, 0.29) is 12.0 Å². The molecule has 0 radical (unpaired) electrons. The molecule has 1 aliphatic rings. The minimum absolute atomic E-state index is 0.0850. The Bertz CT molecular complexity index is 986. The standard InChI is InChI=1S/C21H20Cl2N2O2S2/c22-14-4-6-16(7-5-14)28-13-10-19(26)25-11-8-15(9-12-25)27-21-24-20-17(23)2-1-3-18(20)29-21/h1-7,15H,8-13H2. The van der Waals surface area contributed by atoms with Crippen LogP contribution in [0.1, 0.15) is 19.3 Å². The van der Waals surface area contributed by atoms with Crippen LogP contribution in [0.4, 0.5) is 0 Å². The van der Waals surface area contributed by atoms with Gasteiger partial charge in [0.05, 0.1) is 9.72 Å². The largest absolute Gasteiger partial charge is 0.467 e. The third-order valence-electron chi connectivity index (χ3n) is 4.81. The van der Waals surface area contributed by atoms with E-state index in [0.717, 1.165) is 51.8 Å². The van der Waals surface area contributed by atoms with Gasteiger partial charge in [-0.05, 0) is 36.4 Å². The third kappa shape index (κ3) is 5.37. The molecule has 0 spiro atoms. The van der Waals surface area contributed by atoms with Gasteiger partial charge in [-0.15, -0.1) is 11.8 Å². The number of likely N-dealkylation sites (tertiary alicyclic amines) is 1. The Kier molecular flexibility index (Phi) is 6.85. The maximum absolute atomic E-state index is 12.5. The Morgan fingerprint density at radius 3 is 2.66 bits per heavy atom. The molecule has 4 nitrogen and oxygen atoms in total. The van der Waals surface area contributed by atoms with Gasteiger partial charge in [0.15, 0.2) is 0 Å². The average molecular weight is 467 g/mol. The molecule has 1 amide bonds. The van der Waals surface area contributed by atoms with Crippen molar-refractivity contribution in [1.82, 2.24) is 9.88 Å². The topological polar surface area (TPSA) is 42.4 Å². The van der Waals surface area contributed by atoms with E-state index in [4.69, 9.17) is 27.9 Å². The summed E-state index contributed by atoms with van der Waals surface area (Å²) in [5, 5.41) is 2.02. The summed E-state index contributed by atoms with van der Waals surface area (Å²) in [4.78, 5) is 20.1. The molecule has 1 aliphatic heterocycles. The van der Waals surface area contributed by atoms with Gasteiger partial charge in [-0.3, -0.25) is 4.79 Å². The number of hydrogen-bond donors (Lipinski definition) is 0. The number of piperidine rings is 1. The van der Waals surface area contributed by atoms with Gasteiger partial charge in [-0.25, -0.2) is 4.98 Å². The second-order valence-electron chi connectivity index (χ2n) is 6.82. The van der Waals surface area contributed by atoms with E-state index >= 15 is 0 Å². The number of thiazole rings is 1. The monoisotopic (exact) mass is 466 g/mol. The maximum atomic E-state index is 12.5. The number of halogens is 2. The highest BCUT2D eigenvalue weighted by Gasteiger charge is 2.24. The van der Waals surface area contributed by atoms with Crippen LogP contribution in [0.15, 0.2) is 47.4 Å². The van der Waals surface area contributed by atoms with Crippen molar-refractivity contribution in [2.24, 2.45) is 0 Å². The lowest BCUT2D eigenvalue weighted by molar-refractivity contribution is -0.132. The first kappa shape index (κ1) is 20.8. The number of thioether (sulfide) groups is 1. The fourth-order valence-electron chi connectivity index (χ4n) is 3.26. The van der Waals surface area contributed by atoms with Crippen LogP contribution in [-0.4, -0.2) is 40.7 Å². The number of aromatic nitrogens is 1. The lowest BCUT2D eigenvalue weighted by Gasteiger charge is -2.31. The fourth-order valence-corrected chi connectivity index (χ4v) is 5.40. The first-order valence-corrected chi connectivity index (χ1v) is 12.0. The number of benzene rings is 2. The molecule has 152 valence electrons. The Balaban J connectivity index is 1.22. The van der Waals surface area contributed by atoms with Crippen molar-refractivity contribution in [3.05, 3.63) is 52.5 Å². The van der Waals surface area contributed by atoms with Gasteiger partial charge in [0, 0.05) is 48.0 Å². The molecule has 0 N–H and O–H groups in total. The normalized spacial score (nSPS) is 15.0. The van der Waals surface area contributed by atoms with Crippen LogP contribution in [0.3, 0.4) is 0 Å². The molecule has 3 aromatic rings. The highest BCUT2D eigenvalue weighted by Crippen LogP contribution is 2.33. The van der Waals surface area contributed by atoms with Crippen LogP contribution < -0.4 is 4.74 Å². The summed E-state index contributed by atoms with van der Waals surface area (Å²) in [6.07, 6.45) is 2.26. The van der Waals surface area contributed by atoms with Gasteiger partial charge in [-0.1, -0.05) is 40.6 Å². The number of para-hydroxylation sites is 1. The van der Waals surface area contributed by atoms with E-state index in [1.807, 2.05) is 47.4 Å². The van der Waals surface area contributed by atoms with Crippen LogP contribution in [0.5, 0.6) is 5.19 Å². The summed E-state index contributed by atoms with van der Waals surface area (Å²) >= 11 is 15.3. The second-order valence-corrected chi connectivity index (χ2v) is 9.82. The maximum Gasteiger partial charge on any atom is 0.274 e. The van der Waals surface area contributed by atoms with E-state index in [0.29, 0.717) is 16.6 Å². The zero-order chi connectivity index (χ0) is 20.2. The quantitative estimate of drug-likeness (QED) is 0.408. The molecule has 0 unspecified atom stereocenters. The molecule has 2 aromatic carbocycles. The van der Waals surface area contributed by atoms with Crippen LogP contribution in [0.2, 0.25) is 10.0 Å². The van der Waals surface area contributed by atoms with Gasteiger partial charge in [0.2, 0.25) is 5.91 Å². The van der Waals surface area contributed by atoms with Crippen molar-refractivity contribution in [2.75, 3.05) is 18.8 Å². The lowest BCUT2D eigenvalue weighted by atomic mass is 10.1. The molecule has 4 rings (SSSR count). The number of ether oxygens (including phenoxy) is 1. The zero-order valence-corrected chi connectivity index (χ0v) is 18.8. The molecule has 0 bridgehead atoms. The number of carbonyl (C=O) groups is 1. The summed E-state index contributed by atoms with van der Waals surface area (Å²) in [6, 6.07) is 13.5. The molecule has 2 heterocycles. The van der Waals surface area contributed by atoms with Gasteiger partial charge in [0.25, 0.3) is 5.19 Å². The summed E-state index contributed by atoms with van der Waals surface area (Å²) in [6.45, 7) is 1.45. The first-order chi connectivity index (χ1) is 14.1. The van der Waals surface area contributed by atoms with Crippen molar-refractivity contribution >= 4 is 62.4 Å². The molecular weight excluding hydrogens is 447 g/mol. The van der Waals surface area contributed by atoms with Gasteiger partial charge < -0.3 is 9.64 Å². The number of amides is 1. The van der Waals surface area contributed by atoms with Crippen LogP contribution in [-0.2, 0) is 4.79 Å². The molecule has 1 saturated heterocycles. The summed E-state index contributed by atoms with van der Waals surface area (Å²) in [5.74, 6) is 0.972. The van der Waals surface area contributed by atoms with E-state index in [2.05, 4.69) is 4.98 Å².